The van der Waals surface area contributed by atoms with Crippen LogP contribution in [-0.2, 0) is 16.2 Å². The maximum absolute atomic E-state index is 9.61. The summed E-state index contributed by atoms with van der Waals surface area (Å²) in [5, 5.41) is 11.6. The van der Waals surface area contributed by atoms with Crippen molar-refractivity contribution in [3.63, 3.8) is 0 Å². The van der Waals surface area contributed by atoms with E-state index in [1.165, 1.54) is 0 Å². The number of hydrogen-bond acceptors (Lipinski definition) is 5. The monoisotopic (exact) mass is 259 g/mol. The Balaban J connectivity index is 2.03. The predicted molar refractivity (Wildman–Crippen MR) is 68.8 cm³/mol. The van der Waals surface area contributed by atoms with E-state index in [9.17, 15) is 5.11 Å². The van der Waals surface area contributed by atoms with Crippen molar-refractivity contribution in [1.29, 1.82) is 0 Å². The topological polar surface area (TPSA) is 50.7 Å². The zero-order valence-corrected chi connectivity index (χ0v) is 11.4. The Morgan fingerprint density at radius 1 is 1.47 bits per heavy atom. The van der Waals surface area contributed by atoms with Crippen molar-refractivity contribution in [2.75, 3.05) is 13.2 Å². The van der Waals surface area contributed by atoms with E-state index in [2.05, 4.69) is 5.48 Å². The highest BCUT2D eigenvalue weighted by Gasteiger charge is 2.11. The molecule has 0 aliphatic heterocycles. The van der Waals surface area contributed by atoms with Gasteiger partial charge in [-0.2, -0.15) is 5.48 Å². The molecule has 0 aromatic carbocycles. The van der Waals surface area contributed by atoms with Gasteiger partial charge in [0.2, 0.25) is 0 Å². The summed E-state index contributed by atoms with van der Waals surface area (Å²) in [5.41, 5.74) is 2.49. The van der Waals surface area contributed by atoms with E-state index in [0.29, 0.717) is 19.8 Å². The van der Waals surface area contributed by atoms with Gasteiger partial charge < -0.3 is 9.84 Å². The van der Waals surface area contributed by atoms with Crippen molar-refractivity contribution in [3.8, 4) is 0 Å². The predicted octanol–water partition coefficient (Wildman–Crippen LogP) is 1.95. The molecule has 0 saturated carbocycles. The zero-order valence-electron chi connectivity index (χ0n) is 10.6. The van der Waals surface area contributed by atoms with Crippen LogP contribution in [0.4, 0.5) is 0 Å². The molecule has 1 aromatic rings. The fraction of sp³-hybridized carbons (Fsp3) is 0.667. The Labute approximate surface area is 107 Å². The van der Waals surface area contributed by atoms with Gasteiger partial charge in [-0.1, -0.05) is 6.07 Å². The second-order valence-corrected chi connectivity index (χ2v) is 5.84. The van der Waals surface area contributed by atoms with E-state index in [4.69, 9.17) is 9.57 Å². The molecule has 17 heavy (non-hydrogen) atoms. The molecule has 1 aromatic heterocycles. The van der Waals surface area contributed by atoms with Gasteiger partial charge in [-0.05, 0) is 32.2 Å². The summed E-state index contributed by atoms with van der Waals surface area (Å²) < 4.78 is 5.39. The maximum Gasteiger partial charge on any atom is 0.0921 e. The lowest BCUT2D eigenvalue weighted by molar-refractivity contribution is -0.0899. The van der Waals surface area contributed by atoms with Crippen LogP contribution < -0.4 is 5.48 Å². The van der Waals surface area contributed by atoms with E-state index in [1.807, 2.05) is 38.3 Å². The molecule has 1 atom stereocenters. The normalized spacial score (nSPS) is 13.9. The lowest BCUT2D eigenvalue weighted by Gasteiger charge is -2.20. The first kappa shape index (κ1) is 14.6. The van der Waals surface area contributed by atoms with E-state index < -0.39 is 6.10 Å². The average Bonchev–Trinajstić information content (AvgIpc) is 2.68. The minimum absolute atomic E-state index is 0.252. The Hall–Kier alpha value is -0.460. The highest BCUT2D eigenvalue weighted by Crippen LogP contribution is 2.09. The molecule has 4 nitrogen and oxygen atoms in total. The van der Waals surface area contributed by atoms with Gasteiger partial charge in [0.05, 0.1) is 24.9 Å². The quantitative estimate of drug-likeness (QED) is 0.735. The van der Waals surface area contributed by atoms with Gasteiger partial charge in [0.15, 0.2) is 0 Å². The first-order valence-electron chi connectivity index (χ1n) is 5.66. The summed E-state index contributed by atoms with van der Waals surface area (Å²) in [7, 11) is 0. The summed E-state index contributed by atoms with van der Waals surface area (Å²) in [4.78, 5) is 6.45. The van der Waals surface area contributed by atoms with Crippen LogP contribution in [0.2, 0.25) is 0 Å². The molecule has 0 aliphatic rings. The zero-order chi connectivity index (χ0) is 12.7. The van der Waals surface area contributed by atoms with Crippen molar-refractivity contribution in [1.82, 2.24) is 5.48 Å². The Kier molecular flexibility index (Phi) is 6.08. The average molecular weight is 259 g/mol. The molecule has 5 heteroatoms. The van der Waals surface area contributed by atoms with Crippen LogP contribution in [0.3, 0.4) is 0 Å². The van der Waals surface area contributed by atoms with E-state index in [-0.39, 0.29) is 5.60 Å². The van der Waals surface area contributed by atoms with Gasteiger partial charge in [0.25, 0.3) is 0 Å². The number of ether oxygens (including phenoxy) is 1. The van der Waals surface area contributed by atoms with Crippen molar-refractivity contribution in [2.45, 2.75) is 39.1 Å². The summed E-state index contributed by atoms with van der Waals surface area (Å²) in [6.45, 7) is 7.05. The lowest BCUT2D eigenvalue weighted by atomic mass is 10.2. The van der Waals surface area contributed by atoms with Crippen LogP contribution in [0.15, 0.2) is 17.5 Å². The van der Waals surface area contributed by atoms with Gasteiger partial charge in [-0.15, -0.1) is 11.3 Å². The third-order valence-corrected chi connectivity index (χ3v) is 2.68. The van der Waals surface area contributed by atoms with E-state index in [0.717, 1.165) is 4.88 Å². The van der Waals surface area contributed by atoms with Crippen molar-refractivity contribution < 1.29 is 14.7 Å². The molecule has 98 valence electrons. The van der Waals surface area contributed by atoms with E-state index in [1.54, 1.807) is 11.3 Å². The molecule has 0 radical (unpaired) electrons. The van der Waals surface area contributed by atoms with Crippen LogP contribution in [0.1, 0.15) is 25.6 Å². The fourth-order valence-electron chi connectivity index (χ4n) is 1.10. The van der Waals surface area contributed by atoms with E-state index >= 15 is 0 Å². The number of aliphatic hydroxyl groups excluding tert-OH is 1. The Morgan fingerprint density at radius 2 is 2.24 bits per heavy atom. The van der Waals surface area contributed by atoms with Gasteiger partial charge in [-0.25, -0.2) is 0 Å². The lowest BCUT2D eigenvalue weighted by Crippen LogP contribution is -2.36. The molecule has 0 fully saturated rings. The third kappa shape index (κ3) is 7.46. The van der Waals surface area contributed by atoms with Crippen LogP contribution in [0, 0.1) is 0 Å². The second kappa shape index (κ2) is 7.08. The molecule has 0 aliphatic carbocycles. The summed E-state index contributed by atoms with van der Waals surface area (Å²) in [5.74, 6) is 0. The smallest absolute Gasteiger partial charge is 0.0921 e. The van der Waals surface area contributed by atoms with Crippen molar-refractivity contribution >= 4 is 11.3 Å². The number of hydroxylamine groups is 1. The first-order chi connectivity index (χ1) is 7.97. The summed E-state index contributed by atoms with van der Waals surface area (Å²) >= 11 is 1.65. The third-order valence-electron chi connectivity index (χ3n) is 1.83. The molecular weight excluding hydrogens is 238 g/mol. The number of aliphatic hydroxyl groups is 1. The molecule has 0 saturated heterocycles. The second-order valence-electron chi connectivity index (χ2n) is 4.81. The van der Waals surface area contributed by atoms with Crippen LogP contribution in [0.25, 0.3) is 0 Å². The Bertz CT molecular complexity index is 295. The summed E-state index contributed by atoms with van der Waals surface area (Å²) in [6, 6.07) is 4.00. The fourth-order valence-corrected chi connectivity index (χ4v) is 1.74. The molecule has 0 spiro atoms. The molecule has 1 unspecified atom stereocenters. The van der Waals surface area contributed by atoms with Crippen molar-refractivity contribution in [3.05, 3.63) is 22.4 Å². The van der Waals surface area contributed by atoms with Crippen LogP contribution in [0.5, 0.6) is 0 Å². The first-order valence-corrected chi connectivity index (χ1v) is 6.54. The largest absolute Gasteiger partial charge is 0.389 e. The van der Waals surface area contributed by atoms with Gasteiger partial charge >= 0.3 is 0 Å². The van der Waals surface area contributed by atoms with Gasteiger partial charge in [0, 0.05) is 11.4 Å². The number of rotatable bonds is 7. The molecular formula is C12H21NO3S. The molecule has 1 rings (SSSR count). The van der Waals surface area contributed by atoms with Gasteiger partial charge in [0.1, 0.15) is 0 Å². The maximum atomic E-state index is 9.61. The van der Waals surface area contributed by atoms with Crippen LogP contribution >= 0.6 is 11.3 Å². The number of nitrogens with one attached hydrogen (secondary N) is 1. The summed E-state index contributed by atoms with van der Waals surface area (Å²) in [6.07, 6.45) is -0.558. The highest BCUT2D eigenvalue weighted by atomic mass is 32.1. The molecule has 0 amide bonds. The SMILES string of the molecule is CC(C)(C)ONCC(O)COCc1cccs1. The number of hydrogen-bond donors (Lipinski definition) is 2. The van der Waals surface area contributed by atoms with Crippen LogP contribution in [-0.4, -0.2) is 30.0 Å². The minimum atomic E-state index is -0.558. The van der Waals surface area contributed by atoms with Crippen molar-refractivity contribution in [2.24, 2.45) is 0 Å². The molecule has 0 bridgehead atoms. The Morgan fingerprint density at radius 3 is 2.82 bits per heavy atom. The minimum Gasteiger partial charge on any atom is -0.389 e. The van der Waals surface area contributed by atoms with Gasteiger partial charge in [-0.3, -0.25) is 4.84 Å². The molecule has 1 heterocycles. The standard InChI is InChI=1S/C12H21NO3S/c1-12(2,3)16-13-7-10(14)8-15-9-11-5-4-6-17-11/h4-6,10,13-14H,7-9H2,1-3H3. The number of thiophene rings is 1. The molecule has 2 N–H and O–H groups in total. The highest BCUT2D eigenvalue weighted by molar-refractivity contribution is 7.09.